The Balaban J connectivity index is 2.23. The molecule has 82 valence electrons. The van der Waals surface area contributed by atoms with E-state index in [4.69, 9.17) is 4.42 Å². The van der Waals surface area contributed by atoms with Gasteiger partial charge in [0.2, 0.25) is 5.78 Å². The van der Waals surface area contributed by atoms with E-state index in [0.717, 1.165) is 17.3 Å². The van der Waals surface area contributed by atoms with Crippen molar-refractivity contribution in [3.63, 3.8) is 0 Å². The van der Waals surface area contributed by atoms with Gasteiger partial charge in [-0.25, -0.2) is 0 Å². The molecule has 0 aromatic carbocycles. The van der Waals surface area contributed by atoms with Gasteiger partial charge in [-0.1, -0.05) is 20.3 Å². The molecule has 1 aromatic rings. The van der Waals surface area contributed by atoms with Crippen LogP contribution in [0, 0.1) is 11.3 Å². The molecule has 0 bridgehead atoms. The van der Waals surface area contributed by atoms with Gasteiger partial charge < -0.3 is 4.42 Å². The van der Waals surface area contributed by atoms with E-state index in [2.05, 4.69) is 15.9 Å². The van der Waals surface area contributed by atoms with E-state index in [-0.39, 0.29) is 11.2 Å². The molecule has 0 spiro atoms. The summed E-state index contributed by atoms with van der Waals surface area (Å²) < 4.78 is 6.00. The number of halogens is 1. The highest BCUT2D eigenvalue weighted by Crippen LogP contribution is 2.44. The summed E-state index contributed by atoms with van der Waals surface area (Å²) in [4.78, 5) is 12.3. The molecule has 1 aromatic heterocycles. The highest BCUT2D eigenvalue weighted by molar-refractivity contribution is 9.10. The third-order valence-corrected chi connectivity index (χ3v) is 4.16. The monoisotopic (exact) mass is 270 g/mol. The molecule has 15 heavy (non-hydrogen) atoms. The van der Waals surface area contributed by atoms with Gasteiger partial charge >= 0.3 is 0 Å². The second-order valence-corrected chi connectivity index (χ2v) is 5.63. The Morgan fingerprint density at radius 1 is 1.53 bits per heavy atom. The molecule has 0 aliphatic heterocycles. The number of furan rings is 1. The maximum atomic E-state index is 12.3. The van der Waals surface area contributed by atoms with E-state index < -0.39 is 0 Å². The zero-order valence-electron chi connectivity index (χ0n) is 9.05. The van der Waals surface area contributed by atoms with Crippen LogP contribution in [0.1, 0.15) is 43.7 Å². The van der Waals surface area contributed by atoms with Gasteiger partial charge in [0.1, 0.15) is 0 Å². The molecule has 0 N–H and O–H groups in total. The third-order valence-electron chi connectivity index (χ3n) is 3.53. The average molecular weight is 271 g/mol. The predicted molar refractivity (Wildman–Crippen MR) is 61.9 cm³/mol. The topological polar surface area (TPSA) is 30.2 Å². The fourth-order valence-corrected chi connectivity index (χ4v) is 2.45. The minimum absolute atomic E-state index is 0.115. The Hall–Kier alpha value is -0.570. The van der Waals surface area contributed by atoms with E-state index in [0.29, 0.717) is 11.7 Å². The summed E-state index contributed by atoms with van der Waals surface area (Å²) in [5, 5.41) is 0. The molecule has 0 radical (unpaired) electrons. The lowest BCUT2D eigenvalue weighted by molar-refractivity contribution is 0.0590. The first-order chi connectivity index (χ1) is 7.03. The summed E-state index contributed by atoms with van der Waals surface area (Å²) in [6.07, 6.45) is 5.13. The number of rotatable bonds is 3. The molecule has 0 atom stereocenters. The molecule has 1 aliphatic carbocycles. The van der Waals surface area contributed by atoms with Crippen molar-refractivity contribution >= 4 is 21.7 Å². The Morgan fingerprint density at radius 2 is 2.20 bits per heavy atom. The van der Waals surface area contributed by atoms with Gasteiger partial charge in [-0.05, 0) is 40.8 Å². The number of carbonyl (C=O) groups excluding carboxylic acids is 1. The molecule has 2 rings (SSSR count). The van der Waals surface area contributed by atoms with Crippen LogP contribution >= 0.6 is 15.9 Å². The fraction of sp³-hybridized carbons (Fsp3) is 0.583. The second-order valence-electron chi connectivity index (χ2n) is 4.78. The standard InChI is InChI=1S/C12H15BrO2/c1-12(2,8-4-3-5-8)11(14)10-9(13)6-7-15-10/h6-8H,3-5H2,1-2H3. The molecule has 2 nitrogen and oxygen atoms in total. The van der Waals surface area contributed by atoms with Crippen LogP contribution in [0.2, 0.25) is 0 Å². The van der Waals surface area contributed by atoms with Crippen molar-refractivity contribution in [2.45, 2.75) is 33.1 Å². The van der Waals surface area contributed by atoms with Crippen molar-refractivity contribution in [3.05, 3.63) is 22.6 Å². The first-order valence-electron chi connectivity index (χ1n) is 5.31. The SMILES string of the molecule is CC(C)(C(=O)c1occc1Br)C1CCC1. The molecule has 1 heterocycles. The second kappa shape index (κ2) is 3.78. The number of carbonyl (C=O) groups is 1. The van der Waals surface area contributed by atoms with E-state index in [1.54, 1.807) is 12.3 Å². The van der Waals surface area contributed by atoms with Crippen LogP contribution in [-0.4, -0.2) is 5.78 Å². The largest absolute Gasteiger partial charge is 0.460 e. The molecular formula is C12H15BrO2. The Kier molecular flexibility index (Phi) is 2.75. The summed E-state index contributed by atoms with van der Waals surface area (Å²) in [5.41, 5.74) is -0.293. The quantitative estimate of drug-likeness (QED) is 0.776. The van der Waals surface area contributed by atoms with Gasteiger partial charge in [0.25, 0.3) is 0 Å². The molecular weight excluding hydrogens is 256 g/mol. The Morgan fingerprint density at radius 3 is 2.60 bits per heavy atom. The summed E-state index contributed by atoms with van der Waals surface area (Å²) >= 11 is 3.33. The summed E-state index contributed by atoms with van der Waals surface area (Å²) in [5.74, 6) is 1.10. The van der Waals surface area contributed by atoms with Crippen molar-refractivity contribution in [2.24, 2.45) is 11.3 Å². The van der Waals surface area contributed by atoms with Crippen LogP contribution in [0.3, 0.4) is 0 Å². The summed E-state index contributed by atoms with van der Waals surface area (Å²) in [7, 11) is 0. The Bertz CT molecular complexity index is 375. The smallest absolute Gasteiger partial charge is 0.205 e. The van der Waals surface area contributed by atoms with E-state index in [1.165, 1.54) is 6.42 Å². The molecule has 1 saturated carbocycles. The molecule has 0 unspecified atom stereocenters. The number of hydrogen-bond donors (Lipinski definition) is 0. The third kappa shape index (κ3) is 1.78. The van der Waals surface area contributed by atoms with Gasteiger partial charge in [-0.3, -0.25) is 4.79 Å². The zero-order chi connectivity index (χ0) is 11.1. The van der Waals surface area contributed by atoms with Crippen molar-refractivity contribution < 1.29 is 9.21 Å². The fourth-order valence-electron chi connectivity index (χ4n) is 2.06. The molecule has 3 heteroatoms. The van der Waals surface area contributed by atoms with E-state index in [1.807, 2.05) is 13.8 Å². The molecule has 1 aliphatic rings. The van der Waals surface area contributed by atoms with Crippen LogP contribution in [0.15, 0.2) is 21.2 Å². The molecule has 1 fully saturated rings. The van der Waals surface area contributed by atoms with Gasteiger partial charge in [0, 0.05) is 5.41 Å². The maximum absolute atomic E-state index is 12.3. The van der Waals surface area contributed by atoms with Crippen LogP contribution in [-0.2, 0) is 0 Å². The highest BCUT2D eigenvalue weighted by Gasteiger charge is 2.41. The van der Waals surface area contributed by atoms with Crippen LogP contribution in [0.25, 0.3) is 0 Å². The average Bonchev–Trinajstić information content (AvgIpc) is 2.45. The van der Waals surface area contributed by atoms with Crippen molar-refractivity contribution in [1.29, 1.82) is 0 Å². The number of ketones is 1. The van der Waals surface area contributed by atoms with Crippen LogP contribution in [0.4, 0.5) is 0 Å². The van der Waals surface area contributed by atoms with Gasteiger partial charge in [-0.15, -0.1) is 0 Å². The summed E-state index contributed by atoms with van der Waals surface area (Å²) in [6.45, 7) is 4.04. The van der Waals surface area contributed by atoms with Crippen LogP contribution in [0.5, 0.6) is 0 Å². The normalized spacial score (nSPS) is 17.5. The van der Waals surface area contributed by atoms with Crippen LogP contribution < -0.4 is 0 Å². The van der Waals surface area contributed by atoms with Gasteiger partial charge in [0.15, 0.2) is 5.76 Å². The lowest BCUT2D eigenvalue weighted by Gasteiger charge is -2.38. The molecule has 0 amide bonds. The minimum atomic E-state index is -0.293. The van der Waals surface area contributed by atoms with E-state index in [9.17, 15) is 4.79 Å². The van der Waals surface area contributed by atoms with Gasteiger partial charge in [0.05, 0.1) is 10.7 Å². The Labute approximate surface area is 98.2 Å². The van der Waals surface area contributed by atoms with Crippen molar-refractivity contribution in [3.8, 4) is 0 Å². The van der Waals surface area contributed by atoms with Crippen molar-refractivity contribution in [1.82, 2.24) is 0 Å². The first-order valence-corrected chi connectivity index (χ1v) is 6.10. The molecule has 0 saturated heterocycles. The summed E-state index contributed by atoms with van der Waals surface area (Å²) in [6, 6.07) is 1.77. The maximum Gasteiger partial charge on any atom is 0.205 e. The minimum Gasteiger partial charge on any atom is -0.460 e. The van der Waals surface area contributed by atoms with E-state index >= 15 is 0 Å². The van der Waals surface area contributed by atoms with Gasteiger partial charge in [-0.2, -0.15) is 0 Å². The lowest BCUT2D eigenvalue weighted by Crippen LogP contribution is -2.37. The number of hydrogen-bond acceptors (Lipinski definition) is 2. The zero-order valence-corrected chi connectivity index (χ0v) is 10.6. The van der Waals surface area contributed by atoms with Crippen molar-refractivity contribution in [2.75, 3.05) is 0 Å². The predicted octanol–water partition coefficient (Wildman–Crippen LogP) is 4.05. The number of Topliss-reactive ketones (excluding diaryl/α,β-unsaturated/α-hetero) is 1. The first kappa shape index (κ1) is 10.9. The lowest BCUT2D eigenvalue weighted by atomic mass is 9.65. The highest BCUT2D eigenvalue weighted by atomic mass is 79.9.